The fraction of sp³-hybridized carbons (Fsp3) is 0.471. The maximum absolute atomic E-state index is 12.1. The zero-order valence-electron chi connectivity index (χ0n) is 13.5. The van der Waals surface area contributed by atoms with Gasteiger partial charge in [0.2, 0.25) is 5.91 Å². The van der Waals surface area contributed by atoms with E-state index in [2.05, 4.69) is 32.4 Å². The maximum atomic E-state index is 12.1. The lowest BCUT2D eigenvalue weighted by atomic mass is 10.0. The Morgan fingerprint density at radius 2 is 2.00 bits per heavy atom. The number of amides is 1. The second-order valence-electron chi connectivity index (χ2n) is 6.17. The molecule has 0 radical (unpaired) electrons. The van der Waals surface area contributed by atoms with Crippen LogP contribution < -0.4 is 5.32 Å². The van der Waals surface area contributed by atoms with E-state index < -0.39 is 0 Å². The van der Waals surface area contributed by atoms with Gasteiger partial charge in [0.05, 0.1) is 12.6 Å². The van der Waals surface area contributed by atoms with Crippen molar-refractivity contribution in [2.75, 3.05) is 13.1 Å². The molecule has 2 aromatic heterocycles. The molecule has 2 aromatic rings. The number of aromatic nitrogens is 3. The third-order valence-corrected chi connectivity index (χ3v) is 4.23. The molecule has 0 aliphatic carbocycles. The largest absolute Gasteiger partial charge is 0.353 e. The van der Waals surface area contributed by atoms with Gasteiger partial charge in [0.1, 0.15) is 0 Å². The zero-order chi connectivity index (χ0) is 16.1. The molecule has 23 heavy (non-hydrogen) atoms. The summed E-state index contributed by atoms with van der Waals surface area (Å²) >= 11 is 0. The molecule has 1 aliphatic heterocycles. The molecule has 0 unspecified atom stereocenters. The number of carbonyl (C=O) groups is 1. The Labute approximate surface area is 136 Å². The zero-order valence-corrected chi connectivity index (χ0v) is 13.5. The van der Waals surface area contributed by atoms with Crippen LogP contribution in [0.3, 0.4) is 0 Å². The highest BCUT2D eigenvalue weighted by Crippen LogP contribution is 2.13. The molecule has 0 atom stereocenters. The van der Waals surface area contributed by atoms with Gasteiger partial charge in [0.25, 0.3) is 0 Å². The van der Waals surface area contributed by atoms with Crippen molar-refractivity contribution in [3.8, 4) is 0 Å². The second kappa shape index (κ2) is 7.37. The second-order valence-corrected chi connectivity index (χ2v) is 6.17. The smallest absolute Gasteiger partial charge is 0.224 e. The molecular formula is C17H23N5O. The standard InChI is InChI=1S/C17H23N5O/c1-21-12-15(11-19-21)10-17(23)20-16-4-8-22(9-5-16)13-14-2-6-18-7-3-14/h2-3,6-7,11-12,16H,4-5,8-10,13H2,1H3,(H,20,23). The van der Waals surface area contributed by atoms with E-state index in [0.29, 0.717) is 6.42 Å². The minimum absolute atomic E-state index is 0.0885. The van der Waals surface area contributed by atoms with Crippen LogP contribution in [0, 0.1) is 0 Å². The summed E-state index contributed by atoms with van der Waals surface area (Å²) in [6, 6.07) is 4.40. The van der Waals surface area contributed by atoms with Gasteiger partial charge in [0, 0.05) is 51.3 Å². The van der Waals surface area contributed by atoms with E-state index in [-0.39, 0.29) is 11.9 Å². The van der Waals surface area contributed by atoms with Crippen molar-refractivity contribution >= 4 is 5.91 Å². The number of hydrogen-bond acceptors (Lipinski definition) is 4. The lowest BCUT2D eigenvalue weighted by Gasteiger charge is -2.32. The Balaban J connectivity index is 1.41. The van der Waals surface area contributed by atoms with E-state index in [1.165, 1.54) is 5.56 Å². The van der Waals surface area contributed by atoms with Gasteiger partial charge < -0.3 is 5.32 Å². The predicted octanol–water partition coefficient (Wildman–Crippen LogP) is 1.14. The summed E-state index contributed by atoms with van der Waals surface area (Å²) in [5.41, 5.74) is 2.25. The third kappa shape index (κ3) is 4.63. The summed E-state index contributed by atoms with van der Waals surface area (Å²) in [7, 11) is 1.86. The monoisotopic (exact) mass is 313 g/mol. The molecule has 1 fully saturated rings. The van der Waals surface area contributed by atoms with Crippen molar-refractivity contribution in [1.29, 1.82) is 0 Å². The normalized spacial score (nSPS) is 16.4. The summed E-state index contributed by atoms with van der Waals surface area (Å²) in [5, 5.41) is 7.24. The van der Waals surface area contributed by atoms with Crippen LogP contribution in [0.5, 0.6) is 0 Å². The van der Waals surface area contributed by atoms with Crippen LogP contribution in [-0.4, -0.2) is 44.7 Å². The first-order chi connectivity index (χ1) is 11.2. The van der Waals surface area contributed by atoms with Crippen LogP contribution in [0.15, 0.2) is 36.9 Å². The fourth-order valence-corrected chi connectivity index (χ4v) is 3.01. The van der Waals surface area contributed by atoms with Crippen molar-refractivity contribution in [1.82, 2.24) is 25.0 Å². The highest BCUT2D eigenvalue weighted by atomic mass is 16.1. The topological polar surface area (TPSA) is 63.1 Å². The number of aryl methyl sites for hydroxylation is 1. The SMILES string of the molecule is Cn1cc(CC(=O)NC2CCN(Cc3ccncc3)CC2)cn1. The fourth-order valence-electron chi connectivity index (χ4n) is 3.01. The number of carbonyl (C=O) groups excluding carboxylic acids is 1. The molecule has 1 saturated heterocycles. The summed E-state index contributed by atoms with van der Waals surface area (Å²) in [6.07, 6.45) is 9.72. The van der Waals surface area contributed by atoms with Crippen LogP contribution in [0.2, 0.25) is 0 Å². The molecule has 1 N–H and O–H groups in total. The first-order valence-electron chi connectivity index (χ1n) is 8.07. The molecule has 1 aliphatic rings. The first-order valence-corrected chi connectivity index (χ1v) is 8.07. The van der Waals surface area contributed by atoms with Gasteiger partial charge in [0.15, 0.2) is 0 Å². The van der Waals surface area contributed by atoms with Crippen molar-refractivity contribution in [3.63, 3.8) is 0 Å². The predicted molar refractivity (Wildman–Crippen MR) is 87.6 cm³/mol. The Morgan fingerprint density at radius 3 is 2.65 bits per heavy atom. The van der Waals surface area contributed by atoms with Crippen LogP contribution in [0.1, 0.15) is 24.0 Å². The molecule has 0 spiro atoms. The van der Waals surface area contributed by atoms with Crippen molar-refractivity contribution in [2.45, 2.75) is 31.8 Å². The number of nitrogens with zero attached hydrogens (tertiary/aromatic N) is 4. The lowest BCUT2D eigenvalue weighted by molar-refractivity contribution is -0.121. The number of hydrogen-bond donors (Lipinski definition) is 1. The minimum Gasteiger partial charge on any atom is -0.353 e. The molecular weight excluding hydrogens is 290 g/mol. The van der Waals surface area contributed by atoms with Crippen LogP contribution in [0.25, 0.3) is 0 Å². The van der Waals surface area contributed by atoms with E-state index in [1.54, 1.807) is 10.9 Å². The highest BCUT2D eigenvalue weighted by molar-refractivity contribution is 5.78. The Morgan fingerprint density at radius 1 is 1.26 bits per heavy atom. The third-order valence-electron chi connectivity index (χ3n) is 4.23. The van der Waals surface area contributed by atoms with Crippen LogP contribution in [-0.2, 0) is 24.8 Å². The minimum atomic E-state index is 0.0885. The number of nitrogens with one attached hydrogen (secondary N) is 1. The van der Waals surface area contributed by atoms with Crippen molar-refractivity contribution in [3.05, 3.63) is 48.0 Å². The quantitative estimate of drug-likeness (QED) is 0.899. The Kier molecular flexibility index (Phi) is 5.02. The van der Waals surface area contributed by atoms with E-state index in [4.69, 9.17) is 0 Å². The number of rotatable bonds is 5. The molecule has 1 amide bonds. The average molecular weight is 313 g/mol. The van der Waals surface area contributed by atoms with Crippen molar-refractivity contribution < 1.29 is 4.79 Å². The van der Waals surface area contributed by atoms with Gasteiger partial charge in [-0.2, -0.15) is 5.10 Å². The van der Waals surface area contributed by atoms with Crippen LogP contribution >= 0.6 is 0 Å². The number of piperidine rings is 1. The van der Waals surface area contributed by atoms with Crippen LogP contribution in [0.4, 0.5) is 0 Å². The van der Waals surface area contributed by atoms with E-state index in [0.717, 1.165) is 38.0 Å². The Bertz CT molecular complexity index is 631. The molecule has 6 heteroatoms. The summed E-state index contributed by atoms with van der Waals surface area (Å²) < 4.78 is 1.72. The van der Waals surface area contributed by atoms with Gasteiger partial charge in [-0.05, 0) is 36.1 Å². The van der Waals surface area contributed by atoms with Gasteiger partial charge in [-0.15, -0.1) is 0 Å². The first kappa shape index (κ1) is 15.7. The molecule has 6 nitrogen and oxygen atoms in total. The van der Waals surface area contributed by atoms with Gasteiger partial charge in [-0.1, -0.05) is 0 Å². The number of pyridine rings is 1. The molecule has 122 valence electrons. The molecule has 0 bridgehead atoms. The average Bonchev–Trinajstić information content (AvgIpc) is 2.95. The maximum Gasteiger partial charge on any atom is 0.224 e. The van der Waals surface area contributed by atoms with Gasteiger partial charge in [-0.25, -0.2) is 0 Å². The molecule has 0 saturated carbocycles. The number of likely N-dealkylation sites (tertiary alicyclic amines) is 1. The summed E-state index contributed by atoms with van der Waals surface area (Å²) in [5.74, 6) is 0.0885. The molecule has 3 rings (SSSR count). The van der Waals surface area contributed by atoms with Gasteiger partial charge in [-0.3, -0.25) is 19.4 Å². The Hall–Kier alpha value is -2.21. The van der Waals surface area contributed by atoms with Crippen molar-refractivity contribution in [2.24, 2.45) is 7.05 Å². The molecule has 0 aromatic carbocycles. The van der Waals surface area contributed by atoms with Gasteiger partial charge >= 0.3 is 0 Å². The molecule has 3 heterocycles. The van der Waals surface area contributed by atoms with E-state index >= 15 is 0 Å². The highest BCUT2D eigenvalue weighted by Gasteiger charge is 2.20. The summed E-state index contributed by atoms with van der Waals surface area (Å²) in [4.78, 5) is 18.6. The van der Waals surface area contributed by atoms with E-state index in [1.807, 2.05) is 25.6 Å². The summed E-state index contributed by atoms with van der Waals surface area (Å²) in [6.45, 7) is 2.99. The lowest BCUT2D eigenvalue weighted by Crippen LogP contribution is -2.44. The van der Waals surface area contributed by atoms with E-state index in [9.17, 15) is 4.79 Å².